The van der Waals surface area contributed by atoms with Crippen LogP contribution in [0.2, 0.25) is 5.02 Å². The van der Waals surface area contributed by atoms with Crippen LogP contribution in [0.15, 0.2) is 35.1 Å². The third-order valence-corrected chi connectivity index (χ3v) is 4.56. The van der Waals surface area contributed by atoms with Crippen molar-refractivity contribution in [3.63, 3.8) is 0 Å². The van der Waals surface area contributed by atoms with Gasteiger partial charge in [-0.15, -0.1) is 13.2 Å². The lowest BCUT2D eigenvalue weighted by Gasteiger charge is -2.12. The van der Waals surface area contributed by atoms with E-state index in [9.17, 15) is 31.1 Å². The summed E-state index contributed by atoms with van der Waals surface area (Å²) in [5, 5.41) is -1.22. The van der Waals surface area contributed by atoms with Gasteiger partial charge in [0.15, 0.2) is 16.6 Å². The van der Waals surface area contributed by atoms with Crippen LogP contribution in [-0.2, 0) is 0 Å². The molecule has 0 aliphatic heterocycles. The van der Waals surface area contributed by atoms with Crippen LogP contribution in [0.5, 0.6) is 5.75 Å². The number of aromatic nitrogens is 2. The summed E-state index contributed by atoms with van der Waals surface area (Å²) < 4.78 is 82.6. The van der Waals surface area contributed by atoms with Gasteiger partial charge in [0.2, 0.25) is 0 Å². The van der Waals surface area contributed by atoms with E-state index in [0.717, 1.165) is 24.3 Å². The third kappa shape index (κ3) is 3.78. The van der Waals surface area contributed by atoms with Crippen LogP contribution >= 0.6 is 23.1 Å². The molecule has 0 saturated heterocycles. The summed E-state index contributed by atoms with van der Waals surface area (Å²) in [5.41, 5.74) is -2.00. The summed E-state index contributed by atoms with van der Waals surface area (Å²) >= 11 is 6.14. The van der Waals surface area contributed by atoms with Crippen LogP contribution in [0.3, 0.4) is 0 Å². The Morgan fingerprint density at radius 2 is 1.70 bits per heavy atom. The van der Waals surface area contributed by atoms with E-state index in [1.807, 2.05) is 0 Å². The Kier molecular flexibility index (Phi) is 4.91. The second-order valence-electron chi connectivity index (χ2n) is 4.94. The minimum Gasteiger partial charge on any atom is -0.403 e. The van der Waals surface area contributed by atoms with Crippen molar-refractivity contribution in [2.45, 2.75) is 6.36 Å². The first kappa shape index (κ1) is 19.2. The fourth-order valence-electron chi connectivity index (χ4n) is 2.12. The highest BCUT2D eigenvalue weighted by Gasteiger charge is 2.33. The van der Waals surface area contributed by atoms with Gasteiger partial charge in [-0.1, -0.05) is 17.7 Å². The van der Waals surface area contributed by atoms with Gasteiger partial charge in [0.05, 0.1) is 11.3 Å². The molecule has 0 aliphatic rings. The first-order valence-electron chi connectivity index (χ1n) is 6.87. The van der Waals surface area contributed by atoms with Gasteiger partial charge in [-0.25, -0.2) is 21.9 Å². The molecule has 0 atom stereocenters. The van der Waals surface area contributed by atoms with Gasteiger partial charge >= 0.3 is 12.1 Å². The van der Waals surface area contributed by atoms with E-state index >= 15 is 0 Å². The second kappa shape index (κ2) is 6.89. The minimum absolute atomic E-state index is 0.359. The monoisotopic (exact) mass is 426 g/mol. The van der Waals surface area contributed by atoms with Crippen LogP contribution < -0.4 is 10.4 Å². The van der Waals surface area contributed by atoms with Crippen molar-refractivity contribution in [1.82, 2.24) is 8.94 Å². The number of alkyl halides is 3. The van der Waals surface area contributed by atoms with Crippen LogP contribution in [0, 0.1) is 17.5 Å². The van der Waals surface area contributed by atoms with E-state index in [-0.39, 0.29) is 10.7 Å². The van der Waals surface area contributed by atoms with Gasteiger partial charge < -0.3 is 4.74 Å². The minimum atomic E-state index is -5.15. The summed E-state index contributed by atoms with van der Waals surface area (Å²) in [6.07, 6.45) is -5.15. The van der Waals surface area contributed by atoms with Crippen LogP contribution in [0.1, 0.15) is 0 Å². The molecule has 3 aromatic rings. The van der Waals surface area contributed by atoms with Gasteiger partial charge in [-0.2, -0.15) is 4.98 Å². The van der Waals surface area contributed by atoms with Crippen molar-refractivity contribution in [2.24, 2.45) is 0 Å². The Bertz CT molecular complexity index is 1060. The molecular weight excluding hydrogens is 422 g/mol. The summed E-state index contributed by atoms with van der Waals surface area (Å²) in [5.74, 6) is -4.73. The Morgan fingerprint density at radius 3 is 2.30 bits per heavy atom. The van der Waals surface area contributed by atoms with Gasteiger partial charge in [0.25, 0.3) is 0 Å². The molecule has 142 valence electrons. The SMILES string of the molecule is O=c1nc(-c2c(F)cccc2F)sn1-c1ccc(OC(F)(F)F)c(F)c1Cl. The van der Waals surface area contributed by atoms with E-state index in [1.54, 1.807) is 0 Å². The zero-order valence-corrected chi connectivity index (χ0v) is 14.2. The fourth-order valence-corrected chi connectivity index (χ4v) is 3.35. The highest BCUT2D eigenvalue weighted by Crippen LogP contribution is 2.35. The maximum Gasteiger partial charge on any atom is 0.573 e. The van der Waals surface area contributed by atoms with E-state index < -0.39 is 45.8 Å². The Labute approximate surface area is 155 Å². The molecule has 0 radical (unpaired) electrons. The molecule has 1 aromatic heterocycles. The quantitative estimate of drug-likeness (QED) is 0.558. The zero-order chi connectivity index (χ0) is 19.9. The predicted molar refractivity (Wildman–Crippen MR) is 84.7 cm³/mol. The topological polar surface area (TPSA) is 44.1 Å². The molecule has 12 heteroatoms. The first-order valence-corrected chi connectivity index (χ1v) is 8.02. The molecule has 1 heterocycles. The van der Waals surface area contributed by atoms with Crippen molar-refractivity contribution in [1.29, 1.82) is 0 Å². The second-order valence-corrected chi connectivity index (χ2v) is 6.25. The molecule has 0 bridgehead atoms. The molecular formula is C15H5ClF6N2O2S. The molecule has 27 heavy (non-hydrogen) atoms. The lowest BCUT2D eigenvalue weighted by Crippen LogP contribution is -2.19. The number of nitrogens with zero attached hydrogens (tertiary/aromatic N) is 2. The van der Waals surface area contributed by atoms with E-state index in [0.29, 0.717) is 21.6 Å². The van der Waals surface area contributed by atoms with Crippen molar-refractivity contribution in [3.8, 4) is 22.0 Å². The molecule has 0 saturated carbocycles. The predicted octanol–water partition coefficient (Wildman–Crippen LogP) is 4.93. The number of halogens is 7. The number of hydrogen-bond donors (Lipinski definition) is 0. The average Bonchev–Trinajstić information content (AvgIpc) is 2.92. The molecule has 0 unspecified atom stereocenters. The Balaban J connectivity index is 2.10. The largest absolute Gasteiger partial charge is 0.573 e. The number of hydrogen-bond acceptors (Lipinski definition) is 4. The van der Waals surface area contributed by atoms with Crippen molar-refractivity contribution in [2.75, 3.05) is 0 Å². The molecule has 0 N–H and O–H groups in total. The van der Waals surface area contributed by atoms with Crippen molar-refractivity contribution >= 4 is 23.1 Å². The van der Waals surface area contributed by atoms with Gasteiger partial charge in [-0.3, -0.25) is 0 Å². The lowest BCUT2D eigenvalue weighted by molar-refractivity contribution is -0.275. The standard InChI is InChI=1S/C15H5ClF6N2O2S/c16-11-8(4-5-9(12(11)19)26-15(20,21)22)24-14(25)23-13(27-24)10-6(17)2-1-3-7(10)18/h1-5H. The smallest absolute Gasteiger partial charge is 0.403 e. The van der Waals surface area contributed by atoms with Crippen molar-refractivity contribution in [3.05, 3.63) is 63.3 Å². The molecule has 0 fully saturated rings. The zero-order valence-electron chi connectivity index (χ0n) is 12.7. The van der Waals surface area contributed by atoms with Crippen LogP contribution in [0.4, 0.5) is 26.3 Å². The number of ether oxygens (including phenoxy) is 1. The normalized spacial score (nSPS) is 11.7. The number of rotatable bonds is 3. The van der Waals surface area contributed by atoms with E-state index in [2.05, 4.69) is 9.72 Å². The maximum absolute atomic E-state index is 14.1. The Hall–Kier alpha value is -2.53. The molecule has 0 aliphatic carbocycles. The summed E-state index contributed by atoms with van der Waals surface area (Å²) in [4.78, 5) is 15.5. The average molecular weight is 427 g/mol. The molecule has 0 spiro atoms. The maximum atomic E-state index is 14.1. The van der Waals surface area contributed by atoms with Crippen molar-refractivity contribution < 1.29 is 31.1 Å². The first-order chi connectivity index (χ1) is 12.6. The summed E-state index contributed by atoms with van der Waals surface area (Å²) in [7, 11) is 0. The number of benzene rings is 2. The molecule has 3 rings (SSSR count). The fraction of sp³-hybridized carbons (Fsp3) is 0.0667. The van der Waals surface area contributed by atoms with Crippen LogP contribution in [0.25, 0.3) is 16.3 Å². The van der Waals surface area contributed by atoms with Crippen LogP contribution in [-0.4, -0.2) is 15.3 Å². The lowest BCUT2D eigenvalue weighted by atomic mass is 10.2. The summed E-state index contributed by atoms with van der Waals surface area (Å²) in [6, 6.07) is 4.50. The van der Waals surface area contributed by atoms with E-state index in [4.69, 9.17) is 11.6 Å². The summed E-state index contributed by atoms with van der Waals surface area (Å²) in [6.45, 7) is 0. The highest BCUT2D eigenvalue weighted by molar-refractivity contribution is 7.10. The van der Waals surface area contributed by atoms with Gasteiger partial charge in [0.1, 0.15) is 16.7 Å². The van der Waals surface area contributed by atoms with Gasteiger partial charge in [0, 0.05) is 0 Å². The van der Waals surface area contributed by atoms with Gasteiger partial charge in [-0.05, 0) is 35.8 Å². The third-order valence-electron chi connectivity index (χ3n) is 3.20. The van der Waals surface area contributed by atoms with E-state index in [1.165, 1.54) is 0 Å². The Morgan fingerprint density at radius 1 is 1.07 bits per heavy atom. The highest BCUT2D eigenvalue weighted by atomic mass is 35.5. The molecule has 4 nitrogen and oxygen atoms in total. The molecule has 2 aromatic carbocycles. The molecule has 0 amide bonds.